The van der Waals surface area contributed by atoms with E-state index in [0.29, 0.717) is 19.4 Å². The summed E-state index contributed by atoms with van der Waals surface area (Å²) in [5.41, 5.74) is 5.36. The highest BCUT2D eigenvalue weighted by molar-refractivity contribution is 7.86. The molecule has 0 aliphatic heterocycles. The second-order valence-electron chi connectivity index (χ2n) is 4.61. The van der Waals surface area contributed by atoms with Crippen LogP contribution < -0.4 is 11.1 Å². The van der Waals surface area contributed by atoms with Crippen LogP contribution in [0.25, 0.3) is 0 Å². The molecule has 7 nitrogen and oxygen atoms in total. The molecule has 9 heteroatoms. The van der Waals surface area contributed by atoms with Gasteiger partial charge in [0.05, 0.1) is 4.90 Å². The second-order valence-corrected chi connectivity index (χ2v) is 5.96. The highest BCUT2D eigenvalue weighted by Gasteiger charge is 2.20. The fourth-order valence-corrected chi connectivity index (χ4v) is 2.22. The van der Waals surface area contributed by atoms with E-state index in [-0.39, 0.29) is 12.0 Å². The van der Waals surface area contributed by atoms with E-state index in [0.717, 1.165) is 24.3 Å². The monoisotopic (exact) mass is 332 g/mol. The Morgan fingerprint density at radius 2 is 1.82 bits per heavy atom. The van der Waals surface area contributed by atoms with Gasteiger partial charge in [0.2, 0.25) is 0 Å². The average molecular weight is 332 g/mol. The molecule has 1 aromatic carbocycles. The summed E-state index contributed by atoms with van der Waals surface area (Å²) in [6.45, 7) is 0.430. The predicted octanol–water partition coefficient (Wildman–Crippen LogP) is 0.657. The Morgan fingerprint density at radius 1 is 1.23 bits per heavy atom. The minimum absolute atomic E-state index is 0.0393. The molecule has 0 aliphatic rings. The molecule has 0 fully saturated rings. The SMILES string of the molecule is NCCCC[C@@H](NC(=O)c1ccc(S(=O)(=O)F)cc1)C(=O)O. The van der Waals surface area contributed by atoms with Gasteiger partial charge in [0.25, 0.3) is 5.91 Å². The summed E-state index contributed by atoms with van der Waals surface area (Å²) in [6, 6.07) is 3.04. The van der Waals surface area contributed by atoms with Crippen molar-refractivity contribution >= 4 is 22.1 Å². The highest BCUT2D eigenvalue weighted by atomic mass is 32.3. The molecule has 4 N–H and O–H groups in total. The number of carbonyl (C=O) groups excluding carboxylic acids is 1. The van der Waals surface area contributed by atoms with E-state index in [4.69, 9.17) is 10.8 Å². The molecule has 0 aliphatic carbocycles. The van der Waals surface area contributed by atoms with Crippen LogP contribution in [0.15, 0.2) is 29.2 Å². The van der Waals surface area contributed by atoms with Crippen LogP contribution in [0.2, 0.25) is 0 Å². The summed E-state index contributed by atoms with van der Waals surface area (Å²) in [6.07, 6.45) is 1.42. The number of hydrogen-bond acceptors (Lipinski definition) is 5. The zero-order valence-corrected chi connectivity index (χ0v) is 12.5. The maximum absolute atomic E-state index is 12.7. The predicted molar refractivity (Wildman–Crippen MR) is 76.5 cm³/mol. The first-order chi connectivity index (χ1) is 10.3. The third kappa shape index (κ3) is 5.41. The Labute approximate surface area is 127 Å². The van der Waals surface area contributed by atoms with Gasteiger partial charge < -0.3 is 16.2 Å². The summed E-state index contributed by atoms with van der Waals surface area (Å²) in [5, 5.41) is 11.4. The smallest absolute Gasteiger partial charge is 0.332 e. The Balaban J connectivity index is 2.75. The lowest BCUT2D eigenvalue weighted by Gasteiger charge is -2.14. The summed E-state index contributed by atoms with van der Waals surface area (Å²) in [5.74, 6) is -1.85. The Morgan fingerprint density at radius 3 is 2.27 bits per heavy atom. The van der Waals surface area contributed by atoms with Gasteiger partial charge in [-0.3, -0.25) is 4.79 Å². The van der Waals surface area contributed by atoms with Crippen molar-refractivity contribution in [2.75, 3.05) is 6.54 Å². The van der Waals surface area contributed by atoms with Gasteiger partial charge >= 0.3 is 16.2 Å². The van der Waals surface area contributed by atoms with Gasteiger partial charge in [-0.05, 0) is 50.1 Å². The number of nitrogens with one attached hydrogen (secondary N) is 1. The van der Waals surface area contributed by atoms with Gasteiger partial charge in [-0.25, -0.2) is 4.79 Å². The van der Waals surface area contributed by atoms with Crippen molar-refractivity contribution in [1.29, 1.82) is 0 Å². The Bertz CT molecular complexity index is 630. The zero-order chi connectivity index (χ0) is 16.8. The topological polar surface area (TPSA) is 127 Å². The lowest BCUT2D eigenvalue weighted by atomic mass is 10.1. The van der Waals surface area contributed by atoms with E-state index < -0.39 is 33.0 Å². The zero-order valence-electron chi connectivity index (χ0n) is 11.7. The van der Waals surface area contributed by atoms with Crippen LogP contribution in [0, 0.1) is 0 Å². The number of nitrogens with two attached hydrogens (primary N) is 1. The molecule has 0 spiro atoms. The minimum atomic E-state index is -4.83. The Hall–Kier alpha value is -2.00. The van der Waals surface area contributed by atoms with Gasteiger partial charge in [-0.15, -0.1) is 3.89 Å². The number of aliphatic carboxylic acids is 1. The van der Waals surface area contributed by atoms with Crippen LogP contribution in [-0.4, -0.2) is 38.0 Å². The lowest BCUT2D eigenvalue weighted by Crippen LogP contribution is -2.40. The van der Waals surface area contributed by atoms with E-state index in [2.05, 4.69) is 5.32 Å². The average Bonchev–Trinajstić information content (AvgIpc) is 2.45. The molecule has 1 atom stereocenters. The van der Waals surface area contributed by atoms with Crippen molar-refractivity contribution in [3.63, 3.8) is 0 Å². The fourth-order valence-electron chi connectivity index (χ4n) is 1.76. The quantitative estimate of drug-likeness (QED) is 0.474. The highest BCUT2D eigenvalue weighted by Crippen LogP contribution is 2.13. The van der Waals surface area contributed by atoms with Crippen molar-refractivity contribution in [3.8, 4) is 0 Å². The molecule has 0 bridgehead atoms. The normalized spacial score (nSPS) is 12.6. The molecule has 1 rings (SSSR count). The van der Waals surface area contributed by atoms with Crippen LogP contribution >= 0.6 is 0 Å². The number of benzene rings is 1. The number of carboxylic acids is 1. The van der Waals surface area contributed by atoms with E-state index in [1.54, 1.807) is 0 Å². The van der Waals surface area contributed by atoms with Crippen molar-refractivity contribution in [1.82, 2.24) is 5.32 Å². The second kappa shape index (κ2) is 7.85. The molecule has 122 valence electrons. The van der Waals surface area contributed by atoms with Gasteiger partial charge in [-0.2, -0.15) is 8.42 Å². The minimum Gasteiger partial charge on any atom is -0.480 e. The van der Waals surface area contributed by atoms with Crippen LogP contribution in [0.5, 0.6) is 0 Å². The van der Waals surface area contributed by atoms with E-state index in [1.807, 2.05) is 0 Å². The first-order valence-corrected chi connectivity index (χ1v) is 7.92. The van der Waals surface area contributed by atoms with Gasteiger partial charge in [0.15, 0.2) is 0 Å². The van der Waals surface area contributed by atoms with E-state index in [1.165, 1.54) is 0 Å². The summed E-state index contributed by atoms with van der Waals surface area (Å²) < 4.78 is 34.1. The first kappa shape index (κ1) is 18.1. The maximum atomic E-state index is 12.7. The molecule has 0 unspecified atom stereocenters. The van der Waals surface area contributed by atoms with E-state index in [9.17, 15) is 21.9 Å². The van der Waals surface area contributed by atoms with Crippen LogP contribution in [0.3, 0.4) is 0 Å². The molecule has 0 saturated heterocycles. The third-order valence-electron chi connectivity index (χ3n) is 2.95. The van der Waals surface area contributed by atoms with Crippen LogP contribution in [-0.2, 0) is 15.0 Å². The number of unbranched alkanes of at least 4 members (excludes halogenated alkanes) is 1. The molecule has 0 aromatic heterocycles. The van der Waals surface area contributed by atoms with Crippen molar-refractivity contribution in [3.05, 3.63) is 29.8 Å². The molecule has 1 aromatic rings. The number of amides is 1. The number of halogens is 1. The van der Waals surface area contributed by atoms with Gasteiger partial charge in [-0.1, -0.05) is 0 Å². The largest absolute Gasteiger partial charge is 0.480 e. The summed E-state index contributed by atoms with van der Waals surface area (Å²) >= 11 is 0. The number of carbonyl (C=O) groups is 2. The lowest BCUT2D eigenvalue weighted by molar-refractivity contribution is -0.139. The van der Waals surface area contributed by atoms with Crippen molar-refractivity contribution < 1.29 is 27.0 Å². The molecule has 0 heterocycles. The van der Waals surface area contributed by atoms with Gasteiger partial charge in [0.1, 0.15) is 6.04 Å². The van der Waals surface area contributed by atoms with Crippen molar-refractivity contribution in [2.45, 2.75) is 30.2 Å². The molecule has 22 heavy (non-hydrogen) atoms. The fraction of sp³-hybridized carbons (Fsp3) is 0.385. The summed E-state index contributed by atoms with van der Waals surface area (Å²) in [4.78, 5) is 22.4. The number of hydrogen-bond donors (Lipinski definition) is 3. The third-order valence-corrected chi connectivity index (χ3v) is 3.78. The summed E-state index contributed by atoms with van der Waals surface area (Å²) in [7, 11) is -4.83. The van der Waals surface area contributed by atoms with Crippen LogP contribution in [0.4, 0.5) is 3.89 Å². The van der Waals surface area contributed by atoms with Gasteiger partial charge in [0, 0.05) is 5.56 Å². The molecular formula is C13H17FN2O5S. The molecule has 0 saturated carbocycles. The standard InChI is InChI=1S/C13H17FN2O5S/c14-22(20,21)10-6-4-9(5-7-10)12(17)16-11(13(18)19)3-1-2-8-15/h4-7,11H,1-3,8,15H2,(H,16,17)(H,18,19)/t11-/m1/s1. The number of rotatable bonds is 8. The molecular weight excluding hydrogens is 315 g/mol. The number of carboxylic acid groups (broad SMARTS) is 1. The first-order valence-electron chi connectivity index (χ1n) is 6.54. The van der Waals surface area contributed by atoms with Crippen molar-refractivity contribution in [2.24, 2.45) is 5.73 Å². The van der Waals surface area contributed by atoms with E-state index >= 15 is 0 Å². The molecule has 1 amide bonds. The maximum Gasteiger partial charge on any atom is 0.332 e. The molecule has 0 radical (unpaired) electrons. The van der Waals surface area contributed by atoms with Crippen LogP contribution in [0.1, 0.15) is 29.6 Å². The Kier molecular flexibility index (Phi) is 6.44.